The van der Waals surface area contributed by atoms with Crippen molar-refractivity contribution in [2.24, 2.45) is 0 Å². The van der Waals surface area contributed by atoms with Crippen molar-refractivity contribution in [1.29, 1.82) is 0 Å². The smallest absolute Gasteiger partial charge is 0.345 e. The van der Waals surface area contributed by atoms with Gasteiger partial charge in [0.05, 0.1) is 0 Å². The molecule has 1 aromatic carbocycles. The van der Waals surface area contributed by atoms with Gasteiger partial charge in [0.15, 0.2) is 0 Å². The minimum Gasteiger partial charge on any atom is -0.451 e. The van der Waals surface area contributed by atoms with Crippen molar-refractivity contribution < 1.29 is 14.3 Å². The predicted molar refractivity (Wildman–Crippen MR) is 49.1 cm³/mol. The summed E-state index contributed by atoms with van der Waals surface area (Å²) in [6.45, 7) is 0. The van der Waals surface area contributed by atoms with E-state index in [0.29, 0.717) is 11.3 Å². The molecule has 0 N–H and O–H groups in total. The summed E-state index contributed by atoms with van der Waals surface area (Å²) in [6.07, 6.45) is 2.69. The Kier molecular flexibility index (Phi) is 1.40. The quantitative estimate of drug-likeness (QED) is 0.588. The predicted octanol–water partition coefficient (Wildman–Crippen LogP) is 2.12. The first kappa shape index (κ1) is 7.85. The van der Waals surface area contributed by atoms with E-state index >= 15 is 0 Å². The van der Waals surface area contributed by atoms with Gasteiger partial charge in [0, 0.05) is 12.8 Å². The summed E-state index contributed by atoms with van der Waals surface area (Å²) >= 11 is 0. The fourth-order valence-electron chi connectivity index (χ4n) is 1.84. The summed E-state index contributed by atoms with van der Waals surface area (Å²) in [5.41, 5.74) is 0.532. The normalized spacial score (nSPS) is 21.9. The second kappa shape index (κ2) is 2.50. The van der Waals surface area contributed by atoms with Gasteiger partial charge in [-0.1, -0.05) is 12.1 Å². The Morgan fingerprint density at radius 2 is 1.93 bits per heavy atom. The Bertz CT molecular complexity index is 393. The average Bonchev–Trinajstić information content (AvgIpc) is 2.15. The van der Waals surface area contributed by atoms with Crippen molar-refractivity contribution in [3.05, 3.63) is 29.8 Å². The molecule has 1 heterocycles. The summed E-state index contributed by atoms with van der Waals surface area (Å²) in [7, 11) is 0. The van der Waals surface area contributed by atoms with Crippen molar-refractivity contribution >= 4 is 5.97 Å². The van der Waals surface area contributed by atoms with Crippen molar-refractivity contribution in [3.63, 3.8) is 0 Å². The van der Waals surface area contributed by atoms with Gasteiger partial charge in [-0.3, -0.25) is 0 Å². The minimum atomic E-state index is -0.633. The number of carbonyl (C=O) groups is 1. The molecule has 1 fully saturated rings. The van der Waals surface area contributed by atoms with Crippen LogP contribution in [0.2, 0.25) is 0 Å². The molecule has 0 amide bonds. The maximum atomic E-state index is 11.6. The zero-order chi connectivity index (χ0) is 9.60. The molecular weight excluding hydrogens is 180 g/mol. The lowest BCUT2D eigenvalue weighted by Gasteiger charge is -2.43. The maximum Gasteiger partial charge on any atom is 0.345 e. The van der Waals surface area contributed by atoms with Crippen molar-refractivity contribution in [2.45, 2.75) is 25.0 Å². The van der Waals surface area contributed by atoms with Crippen LogP contribution in [0.5, 0.6) is 5.75 Å². The number of para-hydroxylation sites is 1. The monoisotopic (exact) mass is 190 g/mol. The third-order valence-corrected chi connectivity index (χ3v) is 2.80. The van der Waals surface area contributed by atoms with Crippen LogP contribution >= 0.6 is 0 Å². The first-order valence-corrected chi connectivity index (χ1v) is 4.81. The van der Waals surface area contributed by atoms with Gasteiger partial charge in [-0.25, -0.2) is 4.79 Å². The van der Waals surface area contributed by atoms with Crippen LogP contribution in [0, 0.1) is 0 Å². The van der Waals surface area contributed by atoms with E-state index in [9.17, 15) is 4.79 Å². The van der Waals surface area contributed by atoms with Crippen molar-refractivity contribution in [1.82, 2.24) is 0 Å². The Balaban J connectivity index is 2.04. The molecule has 0 saturated heterocycles. The first-order chi connectivity index (χ1) is 6.79. The molecule has 1 aromatic rings. The van der Waals surface area contributed by atoms with Crippen molar-refractivity contribution in [3.8, 4) is 5.75 Å². The number of esters is 1. The zero-order valence-electron chi connectivity index (χ0n) is 7.66. The van der Waals surface area contributed by atoms with Crippen LogP contribution in [0.4, 0.5) is 0 Å². The van der Waals surface area contributed by atoms with Gasteiger partial charge in [0.25, 0.3) is 5.79 Å². The largest absolute Gasteiger partial charge is 0.451 e. The standard InChI is InChI=1S/C11H10O3/c12-10-8-4-1-2-5-9(8)13-11(14-10)6-3-7-11/h1-2,4-5H,3,6-7H2. The third-order valence-electron chi connectivity index (χ3n) is 2.80. The van der Waals surface area contributed by atoms with Gasteiger partial charge >= 0.3 is 5.97 Å². The maximum absolute atomic E-state index is 11.6. The highest BCUT2D eigenvalue weighted by Gasteiger charge is 2.47. The van der Waals surface area contributed by atoms with Crippen molar-refractivity contribution in [2.75, 3.05) is 0 Å². The number of rotatable bonds is 0. The molecule has 3 rings (SSSR count). The SMILES string of the molecule is O=C1OC2(CCC2)Oc2ccccc21. The van der Waals surface area contributed by atoms with Crippen LogP contribution in [-0.4, -0.2) is 11.8 Å². The van der Waals surface area contributed by atoms with E-state index in [1.165, 1.54) is 0 Å². The summed E-state index contributed by atoms with van der Waals surface area (Å²) in [6, 6.07) is 7.21. The van der Waals surface area contributed by atoms with Crippen LogP contribution in [0.25, 0.3) is 0 Å². The summed E-state index contributed by atoms with van der Waals surface area (Å²) < 4.78 is 11.0. The number of carbonyl (C=O) groups excluding carboxylic acids is 1. The lowest BCUT2D eigenvalue weighted by molar-refractivity contribution is -0.200. The zero-order valence-corrected chi connectivity index (χ0v) is 7.66. The summed E-state index contributed by atoms with van der Waals surface area (Å²) in [5.74, 6) is -0.235. The molecule has 1 aliphatic carbocycles. The third kappa shape index (κ3) is 0.953. The molecule has 0 aromatic heterocycles. The van der Waals surface area contributed by atoms with Gasteiger partial charge in [0.1, 0.15) is 11.3 Å². The van der Waals surface area contributed by atoms with E-state index in [4.69, 9.17) is 9.47 Å². The van der Waals surface area contributed by atoms with Gasteiger partial charge in [-0.2, -0.15) is 0 Å². The number of benzene rings is 1. The van der Waals surface area contributed by atoms with Crippen LogP contribution in [0.1, 0.15) is 29.6 Å². The molecule has 0 radical (unpaired) electrons. The number of hydrogen-bond acceptors (Lipinski definition) is 3. The Hall–Kier alpha value is -1.51. The molecule has 72 valence electrons. The highest BCUT2D eigenvalue weighted by Crippen LogP contribution is 2.42. The number of hydrogen-bond donors (Lipinski definition) is 0. The average molecular weight is 190 g/mol. The summed E-state index contributed by atoms with van der Waals surface area (Å²) in [5, 5.41) is 0. The molecule has 1 saturated carbocycles. The summed E-state index contributed by atoms with van der Waals surface area (Å²) in [4.78, 5) is 11.6. The van der Waals surface area contributed by atoms with Gasteiger partial charge in [-0.05, 0) is 18.6 Å². The fraction of sp³-hybridized carbons (Fsp3) is 0.364. The molecule has 1 aliphatic heterocycles. The molecule has 1 spiro atoms. The Labute approximate surface area is 81.6 Å². The second-order valence-corrected chi connectivity index (χ2v) is 3.75. The highest BCUT2D eigenvalue weighted by molar-refractivity contribution is 5.93. The number of ether oxygens (including phenoxy) is 2. The van der Waals surface area contributed by atoms with E-state index in [2.05, 4.69) is 0 Å². The number of fused-ring (bicyclic) bond motifs is 1. The first-order valence-electron chi connectivity index (χ1n) is 4.81. The van der Waals surface area contributed by atoms with E-state index in [-0.39, 0.29) is 5.97 Å². The van der Waals surface area contributed by atoms with Gasteiger partial charge in [-0.15, -0.1) is 0 Å². The molecule has 0 unspecified atom stereocenters. The highest BCUT2D eigenvalue weighted by atomic mass is 16.7. The van der Waals surface area contributed by atoms with Crippen LogP contribution < -0.4 is 4.74 Å². The lowest BCUT2D eigenvalue weighted by atomic mass is 9.90. The van der Waals surface area contributed by atoms with Gasteiger partial charge in [0.2, 0.25) is 0 Å². The van der Waals surface area contributed by atoms with Gasteiger partial charge < -0.3 is 9.47 Å². The van der Waals surface area contributed by atoms with Crippen LogP contribution in [0.3, 0.4) is 0 Å². The molecule has 3 heteroatoms. The molecule has 0 atom stereocenters. The van der Waals surface area contributed by atoms with Crippen LogP contribution in [0.15, 0.2) is 24.3 Å². The fourth-order valence-corrected chi connectivity index (χ4v) is 1.84. The van der Waals surface area contributed by atoms with E-state index in [1.54, 1.807) is 6.07 Å². The Morgan fingerprint density at radius 3 is 2.64 bits per heavy atom. The van der Waals surface area contributed by atoms with E-state index in [0.717, 1.165) is 19.3 Å². The molecule has 2 aliphatic rings. The Morgan fingerprint density at radius 1 is 1.14 bits per heavy atom. The molecule has 0 bridgehead atoms. The molecule has 3 nitrogen and oxygen atoms in total. The molecular formula is C11H10O3. The second-order valence-electron chi connectivity index (χ2n) is 3.75. The lowest BCUT2D eigenvalue weighted by Crippen LogP contribution is -2.49. The minimum absolute atomic E-state index is 0.258. The van der Waals surface area contributed by atoms with E-state index < -0.39 is 5.79 Å². The van der Waals surface area contributed by atoms with E-state index in [1.807, 2.05) is 18.2 Å². The molecule has 14 heavy (non-hydrogen) atoms. The van der Waals surface area contributed by atoms with Crippen LogP contribution in [-0.2, 0) is 4.74 Å². The topological polar surface area (TPSA) is 35.5 Å².